The van der Waals surface area contributed by atoms with Crippen LogP contribution in [0.15, 0.2) is 66.7 Å². The predicted octanol–water partition coefficient (Wildman–Crippen LogP) is 6.00. The first kappa shape index (κ1) is 19.1. The highest BCUT2D eigenvalue weighted by Crippen LogP contribution is 2.35. The van der Waals surface area contributed by atoms with E-state index in [4.69, 9.17) is 16.3 Å². The zero-order chi connectivity index (χ0) is 20.4. The molecule has 0 bridgehead atoms. The Balaban J connectivity index is 1.66. The number of fused-ring (bicyclic) bond motifs is 1. The maximum atomic E-state index is 11.5. The summed E-state index contributed by atoms with van der Waals surface area (Å²) < 4.78 is 5.85. The van der Waals surface area contributed by atoms with Gasteiger partial charge in [0.15, 0.2) is 0 Å². The molecule has 0 amide bonds. The van der Waals surface area contributed by atoms with Gasteiger partial charge < -0.3 is 14.8 Å². The maximum Gasteiger partial charge on any atom is 0.307 e. The average molecular weight is 406 g/mol. The molecule has 0 saturated carbocycles. The van der Waals surface area contributed by atoms with Crippen molar-refractivity contribution in [2.45, 2.75) is 20.0 Å². The highest BCUT2D eigenvalue weighted by molar-refractivity contribution is 6.32. The molecule has 5 heteroatoms. The van der Waals surface area contributed by atoms with E-state index in [-0.39, 0.29) is 6.42 Å². The van der Waals surface area contributed by atoms with E-state index in [1.54, 1.807) is 0 Å². The quantitative estimate of drug-likeness (QED) is 0.413. The first-order chi connectivity index (χ1) is 14.0. The number of carboxylic acids is 1. The molecule has 0 radical (unpaired) electrons. The largest absolute Gasteiger partial charge is 0.489 e. The summed E-state index contributed by atoms with van der Waals surface area (Å²) in [6, 6.07) is 21.3. The van der Waals surface area contributed by atoms with Crippen LogP contribution >= 0.6 is 11.6 Å². The summed E-state index contributed by atoms with van der Waals surface area (Å²) in [5.74, 6) is -0.115. The van der Waals surface area contributed by atoms with Crippen LogP contribution in [0.1, 0.15) is 16.7 Å². The number of aromatic amines is 1. The van der Waals surface area contributed by atoms with Gasteiger partial charge in [0.05, 0.1) is 17.6 Å². The van der Waals surface area contributed by atoms with E-state index in [0.29, 0.717) is 11.6 Å². The van der Waals surface area contributed by atoms with Crippen molar-refractivity contribution in [3.05, 3.63) is 88.4 Å². The molecule has 3 aromatic carbocycles. The Hall–Kier alpha value is -3.24. The highest BCUT2D eigenvalue weighted by Gasteiger charge is 2.18. The second-order valence-corrected chi connectivity index (χ2v) is 7.35. The Morgan fingerprint density at radius 2 is 1.76 bits per heavy atom. The summed E-state index contributed by atoms with van der Waals surface area (Å²) in [4.78, 5) is 14.8. The molecule has 4 aromatic rings. The lowest BCUT2D eigenvalue weighted by Crippen LogP contribution is -2.01. The second-order valence-electron chi connectivity index (χ2n) is 6.94. The molecule has 1 heterocycles. The molecule has 0 aliphatic heterocycles. The third-order valence-corrected chi connectivity index (χ3v) is 5.40. The summed E-state index contributed by atoms with van der Waals surface area (Å²) in [7, 11) is 0. The SMILES string of the molecule is Cc1c(Cl)ccc2c(CC(=O)O)c(-c3ccc(OCc4ccccc4)cc3)[nH]c12. The molecule has 0 aliphatic carbocycles. The highest BCUT2D eigenvalue weighted by atomic mass is 35.5. The molecule has 0 atom stereocenters. The number of nitrogens with one attached hydrogen (secondary N) is 1. The van der Waals surface area contributed by atoms with E-state index in [0.717, 1.165) is 44.6 Å². The normalized spacial score (nSPS) is 11.0. The van der Waals surface area contributed by atoms with Gasteiger partial charge in [-0.2, -0.15) is 0 Å². The van der Waals surface area contributed by atoms with E-state index < -0.39 is 5.97 Å². The number of aliphatic carboxylic acids is 1. The third kappa shape index (κ3) is 3.98. The van der Waals surface area contributed by atoms with E-state index in [9.17, 15) is 9.90 Å². The van der Waals surface area contributed by atoms with Gasteiger partial charge >= 0.3 is 5.97 Å². The fraction of sp³-hybridized carbons (Fsp3) is 0.125. The first-order valence-electron chi connectivity index (χ1n) is 9.31. The van der Waals surface area contributed by atoms with Crippen molar-refractivity contribution in [3.8, 4) is 17.0 Å². The van der Waals surface area contributed by atoms with Crippen LogP contribution in [-0.4, -0.2) is 16.1 Å². The molecular weight excluding hydrogens is 386 g/mol. The summed E-state index contributed by atoms with van der Waals surface area (Å²) in [5, 5.41) is 10.9. The minimum absolute atomic E-state index is 0.0668. The number of benzene rings is 3. The van der Waals surface area contributed by atoms with Crippen LogP contribution < -0.4 is 4.74 Å². The average Bonchev–Trinajstić information content (AvgIpc) is 3.09. The van der Waals surface area contributed by atoms with Gasteiger partial charge in [0, 0.05) is 10.4 Å². The van der Waals surface area contributed by atoms with Gasteiger partial charge in [0.2, 0.25) is 0 Å². The number of aromatic nitrogens is 1. The number of halogens is 1. The molecule has 0 fully saturated rings. The van der Waals surface area contributed by atoms with Gasteiger partial charge in [-0.05, 0) is 59.5 Å². The molecule has 146 valence electrons. The zero-order valence-electron chi connectivity index (χ0n) is 15.9. The van der Waals surface area contributed by atoms with Crippen molar-refractivity contribution < 1.29 is 14.6 Å². The van der Waals surface area contributed by atoms with Crippen LogP contribution in [0.2, 0.25) is 5.02 Å². The smallest absolute Gasteiger partial charge is 0.307 e. The number of aryl methyl sites for hydroxylation is 1. The molecular formula is C24H20ClNO3. The van der Waals surface area contributed by atoms with Gasteiger partial charge in [-0.15, -0.1) is 0 Å². The minimum Gasteiger partial charge on any atom is -0.489 e. The van der Waals surface area contributed by atoms with E-state index in [2.05, 4.69) is 4.98 Å². The molecule has 0 unspecified atom stereocenters. The Morgan fingerprint density at radius 1 is 1.03 bits per heavy atom. The van der Waals surface area contributed by atoms with Gasteiger partial charge in [0.1, 0.15) is 12.4 Å². The number of H-pyrrole nitrogens is 1. The number of rotatable bonds is 6. The topological polar surface area (TPSA) is 62.3 Å². The number of ether oxygens (including phenoxy) is 1. The Kier molecular flexibility index (Phi) is 5.28. The van der Waals surface area contributed by atoms with Crippen LogP contribution in [0.5, 0.6) is 5.75 Å². The van der Waals surface area contributed by atoms with Crippen LogP contribution in [0, 0.1) is 6.92 Å². The molecule has 0 spiro atoms. The van der Waals surface area contributed by atoms with E-state index in [1.165, 1.54) is 0 Å². The number of hydrogen-bond acceptors (Lipinski definition) is 2. The predicted molar refractivity (Wildman–Crippen MR) is 116 cm³/mol. The second kappa shape index (κ2) is 8.02. The van der Waals surface area contributed by atoms with E-state index >= 15 is 0 Å². The number of carbonyl (C=O) groups is 1. The molecule has 0 aliphatic rings. The summed E-state index contributed by atoms with van der Waals surface area (Å²) in [6.07, 6.45) is -0.0668. The van der Waals surface area contributed by atoms with Crippen molar-refractivity contribution >= 4 is 28.5 Å². The number of hydrogen-bond donors (Lipinski definition) is 2. The Labute approximate surface area is 173 Å². The fourth-order valence-electron chi connectivity index (χ4n) is 3.47. The van der Waals surface area contributed by atoms with Gasteiger partial charge in [-0.25, -0.2) is 0 Å². The van der Waals surface area contributed by atoms with Crippen molar-refractivity contribution in [2.24, 2.45) is 0 Å². The molecule has 29 heavy (non-hydrogen) atoms. The van der Waals surface area contributed by atoms with Crippen LogP contribution in [-0.2, 0) is 17.8 Å². The zero-order valence-corrected chi connectivity index (χ0v) is 16.7. The van der Waals surface area contributed by atoms with Gasteiger partial charge in [-0.1, -0.05) is 48.0 Å². The lowest BCUT2D eigenvalue weighted by molar-refractivity contribution is -0.136. The maximum absolute atomic E-state index is 11.5. The Bertz CT molecular complexity index is 1160. The summed E-state index contributed by atoms with van der Waals surface area (Å²) in [5.41, 5.74) is 5.33. The number of carboxylic acid groups (broad SMARTS) is 1. The van der Waals surface area contributed by atoms with Crippen LogP contribution in [0.25, 0.3) is 22.2 Å². The molecule has 2 N–H and O–H groups in total. The molecule has 4 nitrogen and oxygen atoms in total. The first-order valence-corrected chi connectivity index (χ1v) is 9.69. The lowest BCUT2D eigenvalue weighted by Gasteiger charge is -2.08. The fourth-order valence-corrected chi connectivity index (χ4v) is 3.63. The van der Waals surface area contributed by atoms with Crippen molar-refractivity contribution in [3.63, 3.8) is 0 Å². The van der Waals surface area contributed by atoms with Crippen LogP contribution in [0.3, 0.4) is 0 Å². The van der Waals surface area contributed by atoms with Gasteiger partial charge in [0.25, 0.3) is 0 Å². The summed E-state index contributed by atoms with van der Waals surface area (Å²) in [6.45, 7) is 2.42. The molecule has 4 rings (SSSR count). The van der Waals surface area contributed by atoms with Crippen LogP contribution in [0.4, 0.5) is 0 Å². The van der Waals surface area contributed by atoms with Crippen molar-refractivity contribution in [2.75, 3.05) is 0 Å². The third-order valence-electron chi connectivity index (χ3n) is 5.00. The van der Waals surface area contributed by atoms with Crippen molar-refractivity contribution in [1.82, 2.24) is 4.98 Å². The van der Waals surface area contributed by atoms with E-state index in [1.807, 2.05) is 73.7 Å². The Morgan fingerprint density at radius 3 is 2.45 bits per heavy atom. The molecule has 1 aromatic heterocycles. The van der Waals surface area contributed by atoms with Gasteiger partial charge in [-0.3, -0.25) is 4.79 Å². The van der Waals surface area contributed by atoms with Crippen molar-refractivity contribution in [1.29, 1.82) is 0 Å². The minimum atomic E-state index is -0.873. The standard InChI is InChI=1S/C24H20ClNO3/c1-15-21(25)12-11-19-20(13-22(27)28)24(26-23(15)19)17-7-9-18(10-8-17)29-14-16-5-3-2-4-6-16/h2-12,26H,13-14H2,1H3,(H,27,28). The molecule has 0 saturated heterocycles. The monoisotopic (exact) mass is 405 g/mol. The summed E-state index contributed by atoms with van der Waals surface area (Å²) >= 11 is 6.25. The lowest BCUT2D eigenvalue weighted by atomic mass is 10.0.